The average Bonchev–Trinajstić information content (AvgIpc) is 2.71. The van der Waals surface area contributed by atoms with E-state index in [2.05, 4.69) is 45.0 Å². The van der Waals surface area contributed by atoms with E-state index in [1.54, 1.807) is 0 Å². The van der Waals surface area contributed by atoms with E-state index in [4.69, 9.17) is 10.6 Å². The van der Waals surface area contributed by atoms with Crippen LogP contribution < -0.4 is 21.7 Å². The van der Waals surface area contributed by atoms with E-state index in [9.17, 15) is 9.90 Å². The van der Waals surface area contributed by atoms with Crippen LogP contribution in [-0.4, -0.2) is 30.2 Å². The van der Waals surface area contributed by atoms with E-state index in [0.717, 1.165) is 24.8 Å². The van der Waals surface area contributed by atoms with Gasteiger partial charge in [0, 0.05) is 12.1 Å². The molecule has 35 heavy (non-hydrogen) atoms. The monoisotopic (exact) mass is 493 g/mol. The molecule has 0 saturated carbocycles. The maximum atomic E-state index is 12.8. The van der Waals surface area contributed by atoms with Gasteiger partial charge in [0.2, 0.25) is 5.91 Å². The molecule has 6 heteroatoms. The van der Waals surface area contributed by atoms with Crippen molar-refractivity contribution in [3.8, 4) is 0 Å². The van der Waals surface area contributed by atoms with Crippen molar-refractivity contribution >= 4 is 5.91 Å². The van der Waals surface area contributed by atoms with Crippen LogP contribution in [0.3, 0.4) is 0 Å². The molecule has 0 fully saturated rings. The number of amides is 1. The van der Waals surface area contributed by atoms with Crippen LogP contribution in [0, 0.1) is 17.8 Å². The van der Waals surface area contributed by atoms with E-state index in [0.29, 0.717) is 37.7 Å². The Labute approximate surface area is 216 Å². The fourth-order valence-electron chi connectivity index (χ4n) is 4.46. The molecular formula is C29H55N3O3-2. The van der Waals surface area contributed by atoms with Crippen molar-refractivity contribution in [2.24, 2.45) is 17.7 Å². The molecule has 0 aromatic heterocycles. The molecule has 206 valence electrons. The lowest BCUT2D eigenvalue weighted by molar-refractivity contribution is -0.309. The number of nitrogens with two attached hydrogens (primary N) is 1. The molecule has 0 rings (SSSR count). The third-order valence-corrected chi connectivity index (χ3v) is 6.85. The SMILES string of the molecule is C=C(C)C(CC)CCC(C)C[C-](C)CC(C)=C([O-])CCC(C)(C)OCCC(C)(C)NC(=O)CNN. The van der Waals surface area contributed by atoms with Crippen molar-refractivity contribution < 1.29 is 14.6 Å². The van der Waals surface area contributed by atoms with Gasteiger partial charge in [-0.05, 0) is 79.6 Å². The second-order valence-electron chi connectivity index (χ2n) is 11.8. The number of allylic oxidation sites excluding steroid dienone is 3. The first-order chi connectivity index (χ1) is 16.1. The first kappa shape index (κ1) is 33.6. The summed E-state index contributed by atoms with van der Waals surface area (Å²) in [6.45, 7) is 23.5. The molecule has 1 amide bonds. The summed E-state index contributed by atoms with van der Waals surface area (Å²) >= 11 is 0. The van der Waals surface area contributed by atoms with Gasteiger partial charge in [0.05, 0.1) is 12.1 Å². The third-order valence-electron chi connectivity index (χ3n) is 6.85. The van der Waals surface area contributed by atoms with Crippen molar-refractivity contribution in [1.29, 1.82) is 0 Å². The molecular weight excluding hydrogens is 438 g/mol. The molecule has 0 aromatic carbocycles. The fraction of sp³-hybridized carbons (Fsp3) is 0.793. The maximum absolute atomic E-state index is 12.8. The van der Waals surface area contributed by atoms with Crippen molar-refractivity contribution in [3.05, 3.63) is 29.4 Å². The van der Waals surface area contributed by atoms with Crippen molar-refractivity contribution in [2.75, 3.05) is 13.2 Å². The Bertz CT molecular complexity index is 670. The summed E-state index contributed by atoms with van der Waals surface area (Å²) in [5, 5.41) is 15.7. The molecule has 0 aliphatic carbocycles. The topological polar surface area (TPSA) is 99.4 Å². The van der Waals surface area contributed by atoms with Gasteiger partial charge in [0.1, 0.15) is 0 Å². The molecule has 0 spiro atoms. The minimum Gasteiger partial charge on any atom is -0.876 e. The fourth-order valence-corrected chi connectivity index (χ4v) is 4.46. The molecule has 0 aliphatic heterocycles. The quantitative estimate of drug-likeness (QED) is 0.0742. The summed E-state index contributed by atoms with van der Waals surface area (Å²) in [5.41, 5.74) is 3.80. The highest BCUT2D eigenvalue weighted by atomic mass is 16.5. The Morgan fingerprint density at radius 1 is 1.17 bits per heavy atom. The number of carbonyl (C=O) groups excluding carboxylic acids is 1. The van der Waals surface area contributed by atoms with Crippen LogP contribution in [0.2, 0.25) is 0 Å². The van der Waals surface area contributed by atoms with Gasteiger partial charge in [-0.3, -0.25) is 16.1 Å². The van der Waals surface area contributed by atoms with Gasteiger partial charge < -0.3 is 21.1 Å². The van der Waals surface area contributed by atoms with Crippen LogP contribution in [0.5, 0.6) is 0 Å². The highest BCUT2D eigenvalue weighted by Gasteiger charge is 2.23. The summed E-state index contributed by atoms with van der Waals surface area (Å²) in [5.74, 6) is 7.91. The molecule has 2 atom stereocenters. The molecule has 0 radical (unpaired) electrons. The number of rotatable bonds is 19. The zero-order valence-corrected chi connectivity index (χ0v) is 24.2. The summed E-state index contributed by atoms with van der Waals surface area (Å²) in [6, 6.07) is 0. The van der Waals surface area contributed by atoms with Gasteiger partial charge in [-0.25, -0.2) is 0 Å². The standard InChI is InChI=1S/C29H56N3O3/c1-11-25(21(2)3)13-12-22(4)18-23(5)19-24(6)26(33)14-15-29(9,10)35-17-16-28(7,8)32-27(34)20-31-30/h22,25,31,33H,2,11-20,30H2,1,3-10H3,(H,32,34)/q-1/p-1. The number of hydrogen-bond acceptors (Lipinski definition) is 5. The second kappa shape index (κ2) is 16.4. The molecule has 0 aliphatic rings. The van der Waals surface area contributed by atoms with E-state index in [-0.39, 0.29) is 18.2 Å². The minimum atomic E-state index is -0.402. The number of hydrogen-bond donors (Lipinski definition) is 3. The van der Waals surface area contributed by atoms with Crippen LogP contribution in [0.1, 0.15) is 114 Å². The number of hydrazine groups is 1. The number of nitrogens with one attached hydrogen (secondary N) is 2. The Morgan fingerprint density at radius 3 is 2.34 bits per heavy atom. The summed E-state index contributed by atoms with van der Waals surface area (Å²) in [4.78, 5) is 11.8. The summed E-state index contributed by atoms with van der Waals surface area (Å²) in [6.07, 6.45) is 7.24. The van der Waals surface area contributed by atoms with Gasteiger partial charge in [0.25, 0.3) is 0 Å². The first-order valence-electron chi connectivity index (χ1n) is 13.3. The lowest BCUT2D eigenvalue weighted by atomic mass is 9.85. The normalized spacial score (nSPS) is 15.1. The molecule has 2 unspecified atom stereocenters. The van der Waals surface area contributed by atoms with Crippen molar-refractivity contribution in [1.82, 2.24) is 10.7 Å². The zero-order chi connectivity index (χ0) is 27.2. The lowest BCUT2D eigenvalue weighted by Crippen LogP contribution is -2.48. The highest BCUT2D eigenvalue weighted by molar-refractivity contribution is 5.78. The smallest absolute Gasteiger partial charge is 0.235 e. The van der Waals surface area contributed by atoms with Gasteiger partial charge in [-0.2, -0.15) is 19.8 Å². The lowest BCUT2D eigenvalue weighted by Gasteiger charge is -2.33. The van der Waals surface area contributed by atoms with Crippen LogP contribution >= 0.6 is 0 Å². The minimum absolute atomic E-state index is 0.0812. The highest BCUT2D eigenvalue weighted by Crippen LogP contribution is 2.29. The van der Waals surface area contributed by atoms with Crippen LogP contribution in [-0.2, 0) is 9.53 Å². The van der Waals surface area contributed by atoms with Crippen molar-refractivity contribution in [3.63, 3.8) is 0 Å². The number of ether oxygens (including phenoxy) is 1. The van der Waals surface area contributed by atoms with E-state index in [1.807, 2.05) is 34.6 Å². The summed E-state index contributed by atoms with van der Waals surface area (Å²) in [7, 11) is 0. The van der Waals surface area contributed by atoms with Crippen LogP contribution in [0.4, 0.5) is 0 Å². The third kappa shape index (κ3) is 16.1. The predicted molar refractivity (Wildman–Crippen MR) is 146 cm³/mol. The largest absolute Gasteiger partial charge is 0.876 e. The molecule has 6 nitrogen and oxygen atoms in total. The Morgan fingerprint density at radius 2 is 1.80 bits per heavy atom. The van der Waals surface area contributed by atoms with E-state index in [1.165, 1.54) is 24.3 Å². The van der Waals surface area contributed by atoms with Crippen LogP contribution in [0.15, 0.2) is 23.5 Å². The summed E-state index contributed by atoms with van der Waals surface area (Å²) < 4.78 is 6.08. The van der Waals surface area contributed by atoms with Gasteiger partial charge in [-0.1, -0.05) is 38.3 Å². The molecule has 0 bridgehead atoms. The maximum Gasteiger partial charge on any atom is 0.235 e. The van der Waals surface area contributed by atoms with Crippen molar-refractivity contribution in [2.45, 2.75) is 125 Å². The molecule has 4 N–H and O–H groups in total. The Balaban J connectivity index is 4.51. The van der Waals surface area contributed by atoms with Gasteiger partial charge in [0.15, 0.2) is 0 Å². The van der Waals surface area contributed by atoms with Crippen LogP contribution in [0.25, 0.3) is 0 Å². The average molecular weight is 494 g/mol. The van der Waals surface area contributed by atoms with E-state index < -0.39 is 11.1 Å². The van der Waals surface area contributed by atoms with E-state index >= 15 is 0 Å². The van der Waals surface area contributed by atoms with Gasteiger partial charge >= 0.3 is 0 Å². The Hall–Kier alpha value is -1.37. The molecule has 0 heterocycles. The molecule has 0 aromatic rings. The number of carbonyl (C=O) groups is 1. The first-order valence-corrected chi connectivity index (χ1v) is 13.3. The molecule has 0 saturated heterocycles. The second-order valence-corrected chi connectivity index (χ2v) is 11.8. The Kier molecular flexibility index (Phi) is 15.7. The zero-order valence-electron chi connectivity index (χ0n) is 24.2. The van der Waals surface area contributed by atoms with Gasteiger partial charge in [-0.15, -0.1) is 11.3 Å². The predicted octanol–water partition coefficient (Wildman–Crippen LogP) is 5.34.